The summed E-state index contributed by atoms with van der Waals surface area (Å²) in [6, 6.07) is 0. The van der Waals surface area contributed by atoms with Crippen LogP contribution in [0.25, 0.3) is 0 Å². The Morgan fingerprint density at radius 2 is 2.25 bits per heavy atom. The van der Waals surface area contributed by atoms with Gasteiger partial charge < -0.3 is 9.68 Å². The Bertz CT molecular complexity index is 130. The molecular weight excluding hydrogens is 103 g/mol. The number of hydrogen-bond acceptors (Lipinski definition) is 2. The van der Waals surface area contributed by atoms with Crippen molar-refractivity contribution in [2.45, 2.75) is 13.8 Å². The lowest BCUT2D eigenvalue weighted by Gasteiger charge is -1.92. The van der Waals surface area contributed by atoms with Gasteiger partial charge in [-0.3, -0.25) is 0 Å². The van der Waals surface area contributed by atoms with Gasteiger partial charge in [-0.25, -0.2) is 0 Å². The largest absolute Gasteiger partial charge is 0.486 e. The molecule has 44 valence electrons. The molecule has 8 heavy (non-hydrogen) atoms. The van der Waals surface area contributed by atoms with E-state index < -0.39 is 7.12 Å². The first-order valence-electron chi connectivity index (χ1n) is 2.67. The molecule has 0 aromatic heterocycles. The molecular formula is C5H9BO2. The van der Waals surface area contributed by atoms with Gasteiger partial charge in [-0.1, -0.05) is 5.57 Å². The van der Waals surface area contributed by atoms with Crippen molar-refractivity contribution in [2.75, 3.05) is 6.61 Å². The van der Waals surface area contributed by atoms with Crippen LogP contribution in [0.2, 0.25) is 0 Å². The van der Waals surface area contributed by atoms with E-state index in [1.54, 1.807) is 0 Å². The van der Waals surface area contributed by atoms with Gasteiger partial charge in [0.15, 0.2) is 0 Å². The molecule has 1 aliphatic rings. The minimum absolute atomic E-state index is 0.590. The fourth-order valence-corrected chi connectivity index (χ4v) is 0.654. The Labute approximate surface area is 49.3 Å². The highest BCUT2D eigenvalue weighted by atomic mass is 16.5. The second kappa shape index (κ2) is 1.92. The number of rotatable bonds is 0. The van der Waals surface area contributed by atoms with Crippen molar-refractivity contribution < 1.29 is 9.68 Å². The van der Waals surface area contributed by atoms with E-state index in [4.69, 9.17) is 9.68 Å². The lowest BCUT2D eigenvalue weighted by atomic mass is 9.80. The molecule has 0 aromatic rings. The molecule has 1 rings (SSSR count). The monoisotopic (exact) mass is 112 g/mol. The first-order chi connectivity index (χ1) is 3.72. The Kier molecular flexibility index (Phi) is 1.40. The second-order valence-electron chi connectivity index (χ2n) is 2.13. The predicted molar refractivity (Wildman–Crippen MR) is 32.3 cm³/mol. The summed E-state index contributed by atoms with van der Waals surface area (Å²) in [6.45, 7) is 4.44. The van der Waals surface area contributed by atoms with Crippen LogP contribution in [0.1, 0.15) is 13.8 Å². The highest BCUT2D eigenvalue weighted by Crippen LogP contribution is 2.14. The fraction of sp³-hybridized carbons (Fsp3) is 0.600. The third-order valence-corrected chi connectivity index (χ3v) is 1.50. The average Bonchev–Trinajstić information content (AvgIpc) is 1.98. The average molecular weight is 112 g/mol. The van der Waals surface area contributed by atoms with Gasteiger partial charge in [0.2, 0.25) is 0 Å². The first kappa shape index (κ1) is 5.85. The van der Waals surface area contributed by atoms with E-state index >= 15 is 0 Å². The van der Waals surface area contributed by atoms with E-state index in [9.17, 15) is 0 Å². The standard InChI is InChI=1S/C5H9BO2/c1-4-3-8-6(7)5(4)2/h7H,3H2,1-2H3. The molecule has 0 unspecified atom stereocenters. The molecule has 0 saturated carbocycles. The summed E-state index contributed by atoms with van der Waals surface area (Å²) in [5, 5.41) is 8.89. The van der Waals surface area contributed by atoms with Crippen LogP contribution in [0.3, 0.4) is 0 Å². The lowest BCUT2D eigenvalue weighted by molar-refractivity contribution is 0.309. The van der Waals surface area contributed by atoms with Gasteiger partial charge in [0.1, 0.15) is 0 Å². The van der Waals surface area contributed by atoms with Crippen LogP contribution in [-0.2, 0) is 4.65 Å². The predicted octanol–water partition coefficient (Wildman–Crippen LogP) is 0.373. The lowest BCUT2D eigenvalue weighted by Crippen LogP contribution is -2.12. The molecule has 1 N–H and O–H groups in total. The highest BCUT2D eigenvalue weighted by Gasteiger charge is 2.23. The topological polar surface area (TPSA) is 29.5 Å². The van der Waals surface area contributed by atoms with Crippen molar-refractivity contribution >= 4 is 7.12 Å². The molecule has 3 heteroatoms. The maximum absolute atomic E-state index is 8.89. The summed E-state index contributed by atoms with van der Waals surface area (Å²) < 4.78 is 4.86. The Balaban J connectivity index is 2.71. The van der Waals surface area contributed by atoms with Crippen LogP contribution in [0.5, 0.6) is 0 Å². The van der Waals surface area contributed by atoms with Crippen molar-refractivity contribution in [1.29, 1.82) is 0 Å². The zero-order valence-electron chi connectivity index (χ0n) is 5.14. The minimum atomic E-state index is -0.630. The smallest absolute Gasteiger partial charge is 0.423 e. The van der Waals surface area contributed by atoms with Gasteiger partial charge in [0.05, 0.1) is 6.61 Å². The summed E-state index contributed by atoms with van der Waals surface area (Å²) in [4.78, 5) is 0. The molecule has 0 radical (unpaired) electrons. The molecule has 0 atom stereocenters. The normalized spacial score (nSPS) is 20.6. The molecule has 1 heterocycles. The van der Waals surface area contributed by atoms with E-state index in [0.29, 0.717) is 6.61 Å². The molecule has 0 saturated heterocycles. The van der Waals surface area contributed by atoms with E-state index in [1.165, 1.54) is 0 Å². The maximum atomic E-state index is 8.89. The van der Waals surface area contributed by atoms with Crippen LogP contribution >= 0.6 is 0 Å². The molecule has 0 aromatic carbocycles. The number of hydrogen-bond donors (Lipinski definition) is 1. The van der Waals surface area contributed by atoms with Crippen molar-refractivity contribution in [3.63, 3.8) is 0 Å². The van der Waals surface area contributed by atoms with E-state index in [0.717, 1.165) is 11.0 Å². The van der Waals surface area contributed by atoms with Crippen molar-refractivity contribution in [3.8, 4) is 0 Å². The van der Waals surface area contributed by atoms with Crippen LogP contribution in [0.15, 0.2) is 11.0 Å². The Morgan fingerprint density at radius 3 is 2.38 bits per heavy atom. The molecule has 1 aliphatic heterocycles. The first-order valence-corrected chi connectivity index (χ1v) is 2.67. The van der Waals surface area contributed by atoms with E-state index in [2.05, 4.69) is 0 Å². The summed E-state index contributed by atoms with van der Waals surface area (Å²) in [7, 11) is -0.630. The third kappa shape index (κ3) is 0.789. The van der Waals surface area contributed by atoms with Gasteiger partial charge >= 0.3 is 7.12 Å². The molecule has 0 bridgehead atoms. The Hall–Kier alpha value is -0.275. The summed E-state index contributed by atoms with van der Waals surface area (Å²) in [5.74, 6) is 0. The molecule has 0 fully saturated rings. The van der Waals surface area contributed by atoms with Gasteiger partial charge in [-0.2, -0.15) is 0 Å². The highest BCUT2D eigenvalue weighted by molar-refractivity contribution is 6.53. The van der Waals surface area contributed by atoms with Crippen LogP contribution in [-0.4, -0.2) is 18.7 Å². The quantitative estimate of drug-likeness (QED) is 0.458. The molecule has 0 amide bonds. The van der Waals surface area contributed by atoms with E-state index in [1.807, 2.05) is 13.8 Å². The van der Waals surface area contributed by atoms with Crippen LogP contribution in [0, 0.1) is 0 Å². The fourth-order valence-electron chi connectivity index (χ4n) is 0.654. The minimum Gasteiger partial charge on any atom is -0.423 e. The van der Waals surface area contributed by atoms with Gasteiger partial charge in [-0.05, 0) is 19.3 Å². The van der Waals surface area contributed by atoms with Gasteiger partial charge in [-0.15, -0.1) is 0 Å². The van der Waals surface area contributed by atoms with Gasteiger partial charge in [0, 0.05) is 0 Å². The maximum Gasteiger partial charge on any atom is 0.486 e. The SMILES string of the molecule is CC1=C(C)B(O)OC1. The Morgan fingerprint density at radius 1 is 1.62 bits per heavy atom. The zero-order valence-corrected chi connectivity index (χ0v) is 5.14. The van der Waals surface area contributed by atoms with Crippen molar-refractivity contribution in [3.05, 3.63) is 11.0 Å². The molecule has 0 spiro atoms. The van der Waals surface area contributed by atoms with Crippen LogP contribution in [0.4, 0.5) is 0 Å². The van der Waals surface area contributed by atoms with Crippen molar-refractivity contribution in [1.82, 2.24) is 0 Å². The third-order valence-electron chi connectivity index (χ3n) is 1.50. The van der Waals surface area contributed by atoms with Gasteiger partial charge in [0.25, 0.3) is 0 Å². The molecule has 2 nitrogen and oxygen atoms in total. The summed E-state index contributed by atoms with van der Waals surface area (Å²) >= 11 is 0. The van der Waals surface area contributed by atoms with Crippen molar-refractivity contribution in [2.24, 2.45) is 0 Å². The second-order valence-corrected chi connectivity index (χ2v) is 2.13. The summed E-state index contributed by atoms with van der Waals surface area (Å²) in [5.41, 5.74) is 2.11. The summed E-state index contributed by atoms with van der Waals surface area (Å²) in [6.07, 6.45) is 0. The van der Waals surface area contributed by atoms with Crippen LogP contribution < -0.4 is 0 Å². The number of allylic oxidation sites excluding steroid dienone is 1. The van der Waals surface area contributed by atoms with E-state index in [-0.39, 0.29) is 0 Å². The molecule has 0 aliphatic carbocycles. The zero-order chi connectivity index (χ0) is 6.15.